The summed E-state index contributed by atoms with van der Waals surface area (Å²) >= 11 is 0. The highest BCUT2D eigenvalue weighted by Crippen LogP contribution is 2.16. The summed E-state index contributed by atoms with van der Waals surface area (Å²) in [5.74, 6) is 0.400. The highest BCUT2D eigenvalue weighted by molar-refractivity contribution is 5.92. The maximum Gasteiger partial charge on any atom is 0.338 e. The summed E-state index contributed by atoms with van der Waals surface area (Å²) in [6.45, 7) is 2.07. The van der Waals surface area contributed by atoms with Crippen molar-refractivity contribution in [1.82, 2.24) is 0 Å². The molecule has 0 fully saturated rings. The molecule has 0 saturated carbocycles. The van der Waals surface area contributed by atoms with E-state index in [1.165, 1.54) is 0 Å². The van der Waals surface area contributed by atoms with Crippen molar-refractivity contribution in [3.05, 3.63) is 59.2 Å². The molecule has 2 aromatic rings. The summed E-state index contributed by atoms with van der Waals surface area (Å²) < 4.78 is 10.4. The van der Waals surface area contributed by atoms with Crippen LogP contribution in [0.2, 0.25) is 0 Å². The number of benzene rings is 2. The standard InChI is InChI=1S/C16H17NO3/c1-11-3-6-13(17)9-15(11)16(18)20-10-12-4-7-14(19-2)8-5-12/h3-9H,10,17H2,1-2H3. The van der Waals surface area contributed by atoms with Crippen LogP contribution in [0.3, 0.4) is 0 Å². The summed E-state index contributed by atoms with van der Waals surface area (Å²) in [6, 6.07) is 12.6. The molecule has 0 amide bonds. The number of ether oxygens (including phenoxy) is 2. The number of nitrogen functional groups attached to an aromatic ring is 1. The lowest BCUT2D eigenvalue weighted by Crippen LogP contribution is -2.07. The van der Waals surface area contributed by atoms with Gasteiger partial charge in [-0.05, 0) is 42.3 Å². The molecule has 0 bridgehead atoms. The molecule has 4 heteroatoms. The smallest absolute Gasteiger partial charge is 0.338 e. The quantitative estimate of drug-likeness (QED) is 0.686. The molecule has 20 heavy (non-hydrogen) atoms. The predicted octanol–water partition coefficient (Wildman–Crippen LogP) is 2.94. The molecule has 0 unspecified atom stereocenters. The van der Waals surface area contributed by atoms with E-state index in [0.29, 0.717) is 11.3 Å². The number of aryl methyl sites for hydroxylation is 1. The molecule has 0 aliphatic rings. The number of nitrogens with two attached hydrogens (primary N) is 1. The van der Waals surface area contributed by atoms with E-state index in [1.54, 1.807) is 25.3 Å². The number of hydrogen-bond acceptors (Lipinski definition) is 4. The van der Waals surface area contributed by atoms with Crippen molar-refractivity contribution in [2.24, 2.45) is 0 Å². The fraction of sp³-hybridized carbons (Fsp3) is 0.188. The van der Waals surface area contributed by atoms with Crippen LogP contribution < -0.4 is 10.5 Å². The Balaban J connectivity index is 2.02. The van der Waals surface area contributed by atoms with Gasteiger partial charge in [-0.1, -0.05) is 18.2 Å². The zero-order valence-corrected chi connectivity index (χ0v) is 11.6. The second-order valence-corrected chi connectivity index (χ2v) is 4.50. The van der Waals surface area contributed by atoms with Crippen molar-refractivity contribution < 1.29 is 14.3 Å². The second-order valence-electron chi connectivity index (χ2n) is 4.50. The van der Waals surface area contributed by atoms with Crippen LogP contribution in [0.5, 0.6) is 5.75 Å². The van der Waals surface area contributed by atoms with Crippen molar-refractivity contribution in [1.29, 1.82) is 0 Å². The van der Waals surface area contributed by atoms with Gasteiger partial charge >= 0.3 is 5.97 Å². The summed E-state index contributed by atoms with van der Waals surface area (Å²) in [5, 5.41) is 0. The average molecular weight is 271 g/mol. The lowest BCUT2D eigenvalue weighted by atomic mass is 10.1. The van der Waals surface area contributed by atoms with Gasteiger partial charge in [0.1, 0.15) is 12.4 Å². The van der Waals surface area contributed by atoms with Gasteiger partial charge in [0.25, 0.3) is 0 Å². The van der Waals surface area contributed by atoms with Crippen LogP contribution in [-0.2, 0) is 11.3 Å². The van der Waals surface area contributed by atoms with Gasteiger partial charge in [-0.15, -0.1) is 0 Å². The van der Waals surface area contributed by atoms with Crippen molar-refractivity contribution in [3.63, 3.8) is 0 Å². The van der Waals surface area contributed by atoms with Gasteiger partial charge in [-0.3, -0.25) is 0 Å². The minimum Gasteiger partial charge on any atom is -0.497 e. The maximum atomic E-state index is 12.0. The minimum absolute atomic E-state index is 0.219. The Labute approximate surface area is 118 Å². The van der Waals surface area contributed by atoms with Crippen LogP contribution in [0.4, 0.5) is 5.69 Å². The van der Waals surface area contributed by atoms with Crippen molar-refractivity contribution in [2.45, 2.75) is 13.5 Å². The number of carbonyl (C=O) groups excluding carboxylic acids is 1. The lowest BCUT2D eigenvalue weighted by molar-refractivity contribution is 0.0472. The Morgan fingerprint density at radius 2 is 1.85 bits per heavy atom. The zero-order valence-electron chi connectivity index (χ0n) is 11.6. The van der Waals surface area contributed by atoms with E-state index >= 15 is 0 Å². The van der Waals surface area contributed by atoms with Gasteiger partial charge in [-0.2, -0.15) is 0 Å². The SMILES string of the molecule is COc1ccc(COC(=O)c2cc(N)ccc2C)cc1. The number of rotatable bonds is 4. The van der Waals surface area contributed by atoms with Crippen LogP contribution in [0.25, 0.3) is 0 Å². The zero-order chi connectivity index (χ0) is 14.5. The third-order valence-corrected chi connectivity index (χ3v) is 3.01. The molecule has 0 spiro atoms. The lowest BCUT2D eigenvalue weighted by Gasteiger charge is -2.08. The molecule has 0 heterocycles. The largest absolute Gasteiger partial charge is 0.497 e. The molecule has 0 saturated heterocycles. The topological polar surface area (TPSA) is 61.5 Å². The molecule has 0 aromatic heterocycles. The van der Waals surface area contributed by atoms with Crippen molar-refractivity contribution in [3.8, 4) is 5.75 Å². The number of hydrogen-bond donors (Lipinski definition) is 1. The molecule has 2 rings (SSSR count). The second kappa shape index (κ2) is 6.10. The Hall–Kier alpha value is -2.49. The Kier molecular flexibility index (Phi) is 4.25. The first-order chi connectivity index (χ1) is 9.60. The molecule has 0 atom stereocenters. The molecule has 0 aliphatic heterocycles. The van der Waals surface area contributed by atoms with E-state index in [1.807, 2.05) is 31.2 Å². The first kappa shape index (κ1) is 13.9. The molecular formula is C16H17NO3. The third-order valence-electron chi connectivity index (χ3n) is 3.01. The molecule has 2 aromatic carbocycles. The number of methoxy groups -OCH3 is 1. The monoisotopic (exact) mass is 271 g/mol. The van der Waals surface area contributed by atoms with E-state index in [4.69, 9.17) is 15.2 Å². The third kappa shape index (κ3) is 3.29. The number of anilines is 1. The van der Waals surface area contributed by atoms with Crippen LogP contribution >= 0.6 is 0 Å². The molecule has 2 N–H and O–H groups in total. The van der Waals surface area contributed by atoms with Crippen LogP contribution in [0.15, 0.2) is 42.5 Å². The van der Waals surface area contributed by atoms with Crippen LogP contribution in [0, 0.1) is 6.92 Å². The molecule has 0 aliphatic carbocycles. The van der Waals surface area contributed by atoms with Gasteiger partial charge < -0.3 is 15.2 Å². The molecule has 0 radical (unpaired) electrons. The fourth-order valence-corrected chi connectivity index (χ4v) is 1.81. The Morgan fingerprint density at radius 3 is 2.50 bits per heavy atom. The van der Waals surface area contributed by atoms with E-state index in [9.17, 15) is 4.79 Å². The summed E-state index contributed by atoms with van der Waals surface area (Å²) in [5.41, 5.74) is 8.48. The number of carbonyl (C=O) groups is 1. The highest BCUT2D eigenvalue weighted by Gasteiger charge is 2.11. The van der Waals surface area contributed by atoms with Crippen molar-refractivity contribution >= 4 is 11.7 Å². The highest BCUT2D eigenvalue weighted by atomic mass is 16.5. The van der Waals surface area contributed by atoms with Gasteiger partial charge in [0.2, 0.25) is 0 Å². The van der Waals surface area contributed by atoms with Gasteiger partial charge in [0.05, 0.1) is 12.7 Å². The molecule has 4 nitrogen and oxygen atoms in total. The number of esters is 1. The van der Waals surface area contributed by atoms with Crippen molar-refractivity contribution in [2.75, 3.05) is 12.8 Å². The van der Waals surface area contributed by atoms with E-state index in [2.05, 4.69) is 0 Å². The normalized spacial score (nSPS) is 10.1. The summed E-state index contributed by atoms with van der Waals surface area (Å²) in [7, 11) is 1.61. The van der Waals surface area contributed by atoms with Gasteiger partial charge in [-0.25, -0.2) is 4.79 Å². The Morgan fingerprint density at radius 1 is 1.15 bits per heavy atom. The first-order valence-electron chi connectivity index (χ1n) is 6.26. The van der Waals surface area contributed by atoms with Crippen LogP contribution in [-0.4, -0.2) is 13.1 Å². The Bertz CT molecular complexity index is 606. The van der Waals surface area contributed by atoms with Gasteiger partial charge in [0.15, 0.2) is 0 Å². The van der Waals surface area contributed by atoms with E-state index < -0.39 is 0 Å². The fourth-order valence-electron chi connectivity index (χ4n) is 1.81. The van der Waals surface area contributed by atoms with Crippen LogP contribution in [0.1, 0.15) is 21.5 Å². The average Bonchev–Trinajstić information content (AvgIpc) is 2.47. The minimum atomic E-state index is -0.370. The molecular weight excluding hydrogens is 254 g/mol. The predicted molar refractivity (Wildman–Crippen MR) is 77.7 cm³/mol. The van der Waals surface area contributed by atoms with E-state index in [-0.39, 0.29) is 12.6 Å². The summed E-state index contributed by atoms with van der Waals surface area (Å²) in [6.07, 6.45) is 0. The molecule has 104 valence electrons. The first-order valence-corrected chi connectivity index (χ1v) is 6.26. The summed E-state index contributed by atoms with van der Waals surface area (Å²) in [4.78, 5) is 12.0. The maximum absolute atomic E-state index is 12.0. The van der Waals surface area contributed by atoms with Gasteiger partial charge in [0, 0.05) is 5.69 Å². The van der Waals surface area contributed by atoms with E-state index in [0.717, 1.165) is 16.9 Å².